The molecule has 7 nitrogen and oxygen atoms in total. The van der Waals surface area contributed by atoms with E-state index in [0.29, 0.717) is 33.8 Å². The SMILES string of the molecule is COC(=O)c1cc2c(Oc3ccc(NC(=S)N4CC(F)(F)C4)c(Cl)c3)ccnc2cc1OC. The fraction of sp³-hybridized carbons (Fsp3) is 0.227. The summed E-state index contributed by atoms with van der Waals surface area (Å²) in [7, 11) is 2.73. The van der Waals surface area contributed by atoms with E-state index in [1.807, 2.05) is 0 Å². The Morgan fingerprint density at radius 2 is 1.94 bits per heavy atom. The monoisotopic (exact) mass is 493 g/mol. The predicted molar refractivity (Wildman–Crippen MR) is 124 cm³/mol. The zero-order chi connectivity index (χ0) is 23.8. The number of fused-ring (bicyclic) bond motifs is 1. The van der Waals surface area contributed by atoms with E-state index < -0.39 is 25.0 Å². The fourth-order valence-corrected chi connectivity index (χ4v) is 3.77. The molecule has 0 amide bonds. The van der Waals surface area contributed by atoms with Gasteiger partial charge in [0, 0.05) is 23.7 Å². The Labute approximate surface area is 198 Å². The van der Waals surface area contributed by atoms with Crippen LogP contribution in [0.25, 0.3) is 10.9 Å². The largest absolute Gasteiger partial charge is 0.496 e. The van der Waals surface area contributed by atoms with E-state index in [9.17, 15) is 13.6 Å². The molecule has 0 unspecified atom stereocenters. The van der Waals surface area contributed by atoms with Crippen LogP contribution in [0.5, 0.6) is 17.2 Å². The van der Waals surface area contributed by atoms with E-state index in [1.165, 1.54) is 19.1 Å². The van der Waals surface area contributed by atoms with Crippen LogP contribution in [0.3, 0.4) is 0 Å². The number of pyridine rings is 1. The number of thiocarbonyl (C=S) groups is 1. The molecule has 0 bridgehead atoms. The van der Waals surface area contributed by atoms with Crippen molar-refractivity contribution in [2.45, 2.75) is 5.92 Å². The minimum absolute atomic E-state index is 0.168. The molecule has 1 aliphatic rings. The number of hydrogen-bond acceptors (Lipinski definition) is 6. The van der Waals surface area contributed by atoms with Gasteiger partial charge in [-0.1, -0.05) is 11.6 Å². The van der Waals surface area contributed by atoms with Crippen LogP contribution in [-0.2, 0) is 4.74 Å². The maximum atomic E-state index is 13.1. The first-order valence-electron chi connectivity index (χ1n) is 9.67. The van der Waals surface area contributed by atoms with Crippen LogP contribution in [0.4, 0.5) is 14.5 Å². The summed E-state index contributed by atoms with van der Waals surface area (Å²) in [6, 6.07) is 9.70. The molecule has 172 valence electrons. The number of rotatable bonds is 5. The number of nitrogens with one attached hydrogen (secondary N) is 1. The van der Waals surface area contributed by atoms with Crippen LogP contribution in [0.1, 0.15) is 10.4 Å². The molecule has 33 heavy (non-hydrogen) atoms. The number of carbonyl (C=O) groups is 1. The van der Waals surface area contributed by atoms with Crippen molar-refractivity contribution in [1.82, 2.24) is 9.88 Å². The number of likely N-dealkylation sites (tertiary alicyclic amines) is 1. The van der Waals surface area contributed by atoms with Crippen molar-refractivity contribution in [3.63, 3.8) is 0 Å². The number of esters is 1. The van der Waals surface area contributed by atoms with Crippen molar-refractivity contribution in [1.29, 1.82) is 0 Å². The number of benzene rings is 2. The Morgan fingerprint density at radius 1 is 1.18 bits per heavy atom. The highest BCUT2D eigenvalue weighted by atomic mass is 35.5. The first-order chi connectivity index (χ1) is 15.7. The molecule has 0 spiro atoms. The van der Waals surface area contributed by atoms with Gasteiger partial charge in [0.05, 0.1) is 43.5 Å². The normalized spacial score (nSPS) is 14.4. The van der Waals surface area contributed by atoms with Crippen LogP contribution < -0.4 is 14.8 Å². The van der Waals surface area contributed by atoms with Gasteiger partial charge < -0.3 is 24.4 Å². The summed E-state index contributed by atoms with van der Waals surface area (Å²) in [5, 5.41) is 3.89. The number of halogens is 3. The predicted octanol–water partition coefficient (Wildman–Crippen LogP) is 5.12. The number of carbonyl (C=O) groups excluding carboxylic acids is 1. The van der Waals surface area contributed by atoms with Crippen molar-refractivity contribution >= 4 is 51.5 Å². The molecule has 0 aliphatic carbocycles. The number of nitrogens with zero attached hydrogens (tertiary/aromatic N) is 2. The highest BCUT2D eigenvalue weighted by molar-refractivity contribution is 7.80. The van der Waals surface area contributed by atoms with Crippen molar-refractivity contribution in [2.75, 3.05) is 32.6 Å². The van der Waals surface area contributed by atoms with Crippen LogP contribution in [0.15, 0.2) is 42.6 Å². The van der Waals surface area contributed by atoms with Gasteiger partial charge in [-0.25, -0.2) is 13.6 Å². The van der Waals surface area contributed by atoms with Gasteiger partial charge in [-0.15, -0.1) is 0 Å². The van der Waals surface area contributed by atoms with Crippen molar-refractivity contribution < 1.29 is 27.8 Å². The smallest absolute Gasteiger partial charge is 0.341 e. The van der Waals surface area contributed by atoms with Gasteiger partial charge in [-0.3, -0.25) is 4.98 Å². The van der Waals surface area contributed by atoms with Gasteiger partial charge in [0.15, 0.2) is 5.11 Å². The van der Waals surface area contributed by atoms with Crippen LogP contribution in [0, 0.1) is 0 Å². The summed E-state index contributed by atoms with van der Waals surface area (Å²) in [6.45, 7) is -0.851. The van der Waals surface area contributed by atoms with E-state index in [-0.39, 0.29) is 15.7 Å². The van der Waals surface area contributed by atoms with Crippen molar-refractivity contribution in [2.24, 2.45) is 0 Å². The third-order valence-corrected chi connectivity index (χ3v) is 5.64. The first-order valence-corrected chi connectivity index (χ1v) is 10.5. The summed E-state index contributed by atoms with van der Waals surface area (Å²) in [4.78, 5) is 17.8. The van der Waals surface area contributed by atoms with E-state index in [2.05, 4.69) is 10.3 Å². The molecule has 0 atom stereocenters. The number of methoxy groups -OCH3 is 2. The zero-order valence-corrected chi connectivity index (χ0v) is 19.1. The second-order valence-corrected chi connectivity index (χ2v) is 8.05. The number of alkyl halides is 2. The molecule has 1 fully saturated rings. The molecule has 2 heterocycles. The van der Waals surface area contributed by atoms with Gasteiger partial charge in [0.2, 0.25) is 0 Å². The van der Waals surface area contributed by atoms with Crippen LogP contribution in [-0.4, -0.2) is 54.2 Å². The van der Waals surface area contributed by atoms with Crippen molar-refractivity contribution in [3.8, 4) is 17.2 Å². The van der Waals surface area contributed by atoms with Crippen molar-refractivity contribution in [3.05, 3.63) is 53.2 Å². The minimum atomic E-state index is -2.72. The molecule has 1 saturated heterocycles. The molecule has 4 rings (SSSR count). The van der Waals surface area contributed by atoms with Crippen LogP contribution >= 0.6 is 23.8 Å². The van der Waals surface area contributed by atoms with E-state index >= 15 is 0 Å². The maximum Gasteiger partial charge on any atom is 0.341 e. The van der Waals surface area contributed by atoms with Gasteiger partial charge in [0.25, 0.3) is 5.92 Å². The topological polar surface area (TPSA) is 72.9 Å². The van der Waals surface area contributed by atoms with E-state index in [0.717, 1.165) is 0 Å². The standard InChI is InChI=1S/C22H18ClF2N3O4S/c1-30-19-9-17-13(8-14(19)20(29)31-2)18(5-6-26-17)32-12-3-4-16(15(23)7-12)27-21(33)28-10-22(24,25)11-28/h3-9H,10-11H2,1-2H3,(H,27,33). The summed E-state index contributed by atoms with van der Waals surface area (Å²) < 4.78 is 42.2. The molecule has 2 aromatic carbocycles. The number of hydrogen-bond donors (Lipinski definition) is 1. The summed E-state index contributed by atoms with van der Waals surface area (Å²) in [5.74, 6) is -2.11. The van der Waals surface area contributed by atoms with E-state index in [1.54, 1.807) is 42.6 Å². The Bertz CT molecular complexity index is 1250. The average molecular weight is 494 g/mol. The third kappa shape index (κ3) is 4.76. The van der Waals surface area contributed by atoms with Gasteiger partial charge >= 0.3 is 5.97 Å². The average Bonchev–Trinajstić information content (AvgIpc) is 2.77. The van der Waals surface area contributed by atoms with Crippen LogP contribution in [0.2, 0.25) is 5.02 Å². The fourth-order valence-electron chi connectivity index (χ4n) is 3.31. The molecular formula is C22H18ClF2N3O4S. The second-order valence-electron chi connectivity index (χ2n) is 7.26. The lowest BCUT2D eigenvalue weighted by atomic mass is 10.1. The van der Waals surface area contributed by atoms with E-state index in [4.69, 9.17) is 38.0 Å². The second kappa shape index (κ2) is 8.95. The highest BCUT2D eigenvalue weighted by Crippen LogP contribution is 2.36. The Morgan fingerprint density at radius 3 is 2.58 bits per heavy atom. The summed E-state index contributed by atoms with van der Waals surface area (Å²) in [5.41, 5.74) is 1.24. The molecule has 0 saturated carbocycles. The Balaban J connectivity index is 1.57. The lowest BCUT2D eigenvalue weighted by molar-refractivity contribution is -0.0999. The Hall–Kier alpha value is -3.24. The van der Waals surface area contributed by atoms with Gasteiger partial charge in [0.1, 0.15) is 22.8 Å². The summed E-state index contributed by atoms with van der Waals surface area (Å²) >= 11 is 11.5. The number of anilines is 1. The Kier molecular flexibility index (Phi) is 6.22. The lowest BCUT2D eigenvalue weighted by Crippen LogP contribution is -2.59. The molecule has 1 aliphatic heterocycles. The molecule has 3 aromatic rings. The molecule has 0 radical (unpaired) electrons. The molecule has 11 heteroatoms. The molecular weight excluding hydrogens is 476 g/mol. The number of ether oxygens (including phenoxy) is 3. The molecule has 1 N–H and O–H groups in total. The minimum Gasteiger partial charge on any atom is -0.496 e. The maximum absolute atomic E-state index is 13.1. The lowest BCUT2D eigenvalue weighted by Gasteiger charge is -2.40. The quantitative estimate of drug-likeness (QED) is 0.388. The van der Waals surface area contributed by atoms with Gasteiger partial charge in [-0.2, -0.15) is 0 Å². The first kappa shape index (κ1) is 22.9. The van der Waals surface area contributed by atoms with Gasteiger partial charge in [-0.05, 0) is 36.5 Å². The summed E-state index contributed by atoms with van der Waals surface area (Å²) in [6.07, 6.45) is 1.56. The highest BCUT2D eigenvalue weighted by Gasteiger charge is 2.45. The zero-order valence-electron chi connectivity index (χ0n) is 17.5. The number of aromatic nitrogens is 1. The third-order valence-electron chi connectivity index (χ3n) is 4.97. The molecule has 1 aromatic heterocycles.